The third-order valence-corrected chi connectivity index (χ3v) is 3.90. The monoisotopic (exact) mass is 235 g/mol. The van der Waals surface area contributed by atoms with E-state index in [-0.39, 0.29) is 5.69 Å². The molecule has 1 aromatic rings. The van der Waals surface area contributed by atoms with Crippen molar-refractivity contribution < 1.29 is 9.90 Å². The Bertz CT molecular complexity index is 463. The van der Waals surface area contributed by atoms with Crippen LogP contribution < -0.4 is 0 Å². The van der Waals surface area contributed by atoms with Gasteiger partial charge < -0.3 is 10.0 Å². The summed E-state index contributed by atoms with van der Waals surface area (Å²) in [6.07, 6.45) is 4.31. The van der Waals surface area contributed by atoms with Crippen molar-refractivity contribution in [2.24, 2.45) is 0 Å². The zero-order chi connectivity index (χ0) is 12.0. The van der Waals surface area contributed by atoms with Crippen LogP contribution in [0.4, 0.5) is 0 Å². The fourth-order valence-electron chi connectivity index (χ4n) is 2.68. The first-order valence-corrected chi connectivity index (χ1v) is 6.19. The molecular weight excluding hydrogens is 218 g/mol. The molecule has 3 rings (SSSR count). The zero-order valence-electron chi connectivity index (χ0n) is 10.0. The van der Waals surface area contributed by atoms with Crippen molar-refractivity contribution in [3.63, 3.8) is 0 Å². The van der Waals surface area contributed by atoms with E-state index >= 15 is 0 Å². The number of carboxylic acids is 1. The van der Waals surface area contributed by atoms with Crippen LogP contribution in [0.2, 0.25) is 0 Å². The molecule has 0 amide bonds. The van der Waals surface area contributed by atoms with Gasteiger partial charge in [-0.3, -0.25) is 4.68 Å². The van der Waals surface area contributed by atoms with Gasteiger partial charge in [0.1, 0.15) is 0 Å². The van der Waals surface area contributed by atoms with E-state index in [0.717, 1.165) is 43.6 Å². The molecule has 1 saturated carbocycles. The van der Waals surface area contributed by atoms with E-state index in [4.69, 9.17) is 0 Å². The Morgan fingerprint density at radius 1 is 1.47 bits per heavy atom. The highest BCUT2D eigenvalue weighted by molar-refractivity contribution is 5.87. The van der Waals surface area contributed by atoms with Crippen LogP contribution in [-0.2, 0) is 13.0 Å². The summed E-state index contributed by atoms with van der Waals surface area (Å²) in [6.45, 7) is 1.75. The molecular formula is C12H17N3O2. The molecule has 1 fully saturated rings. The van der Waals surface area contributed by atoms with Gasteiger partial charge in [0.2, 0.25) is 0 Å². The lowest BCUT2D eigenvalue weighted by Crippen LogP contribution is -2.30. The number of carboxylic acid groups (broad SMARTS) is 1. The van der Waals surface area contributed by atoms with E-state index in [1.54, 1.807) is 0 Å². The quantitative estimate of drug-likeness (QED) is 0.839. The Kier molecular flexibility index (Phi) is 2.43. The van der Waals surface area contributed by atoms with Gasteiger partial charge in [0, 0.05) is 18.7 Å². The Labute approximate surface area is 100 Å². The molecule has 1 aliphatic carbocycles. The van der Waals surface area contributed by atoms with Crippen LogP contribution in [-0.4, -0.2) is 39.3 Å². The van der Waals surface area contributed by atoms with Crippen molar-refractivity contribution in [3.8, 4) is 0 Å². The van der Waals surface area contributed by atoms with Crippen molar-refractivity contribution in [3.05, 3.63) is 17.0 Å². The first kappa shape index (κ1) is 10.8. The lowest BCUT2D eigenvalue weighted by molar-refractivity contribution is 0.0687. The molecule has 5 heteroatoms. The first-order chi connectivity index (χ1) is 8.16. The molecule has 17 heavy (non-hydrogen) atoms. The normalized spacial score (nSPS) is 21.0. The van der Waals surface area contributed by atoms with Gasteiger partial charge in [-0.2, -0.15) is 5.10 Å². The molecule has 0 aromatic carbocycles. The third kappa shape index (κ3) is 1.65. The zero-order valence-corrected chi connectivity index (χ0v) is 10.0. The fraction of sp³-hybridized carbons (Fsp3) is 0.667. The smallest absolute Gasteiger partial charge is 0.356 e. The van der Waals surface area contributed by atoms with Crippen LogP contribution in [0.15, 0.2) is 0 Å². The molecule has 2 aliphatic rings. The predicted molar refractivity (Wildman–Crippen MR) is 62.1 cm³/mol. The topological polar surface area (TPSA) is 58.4 Å². The minimum absolute atomic E-state index is 0.278. The molecule has 0 spiro atoms. The van der Waals surface area contributed by atoms with E-state index in [2.05, 4.69) is 17.0 Å². The first-order valence-electron chi connectivity index (χ1n) is 6.19. The standard InChI is InChI=1S/C12H17N3O2/c1-14-6-5-9-10(7-14)15(8-3-2-4-8)13-11(9)12(16)17/h8H,2-7H2,1H3,(H,16,17). The van der Waals surface area contributed by atoms with Gasteiger partial charge in [-0.05, 0) is 32.7 Å². The maximum Gasteiger partial charge on any atom is 0.356 e. The second kappa shape index (κ2) is 3.84. The van der Waals surface area contributed by atoms with Crippen LogP contribution in [0.5, 0.6) is 0 Å². The highest BCUT2D eigenvalue weighted by atomic mass is 16.4. The molecule has 92 valence electrons. The van der Waals surface area contributed by atoms with Crippen LogP contribution >= 0.6 is 0 Å². The van der Waals surface area contributed by atoms with E-state index in [1.807, 2.05) is 4.68 Å². The number of rotatable bonds is 2. The molecule has 0 saturated heterocycles. The summed E-state index contributed by atoms with van der Waals surface area (Å²) in [6, 6.07) is 0.434. The maximum atomic E-state index is 11.2. The summed E-state index contributed by atoms with van der Waals surface area (Å²) in [5.41, 5.74) is 2.36. The van der Waals surface area contributed by atoms with Gasteiger partial charge >= 0.3 is 5.97 Å². The van der Waals surface area contributed by atoms with Gasteiger partial charge in [-0.25, -0.2) is 4.79 Å². The largest absolute Gasteiger partial charge is 0.476 e. The average molecular weight is 235 g/mol. The van der Waals surface area contributed by atoms with Gasteiger partial charge in [-0.1, -0.05) is 0 Å². The van der Waals surface area contributed by atoms with Gasteiger partial charge in [-0.15, -0.1) is 0 Å². The highest BCUT2D eigenvalue weighted by Crippen LogP contribution is 2.35. The van der Waals surface area contributed by atoms with E-state index < -0.39 is 5.97 Å². The van der Waals surface area contributed by atoms with Crippen molar-refractivity contribution >= 4 is 5.97 Å². The van der Waals surface area contributed by atoms with Crippen LogP contribution in [0.25, 0.3) is 0 Å². The molecule has 1 aliphatic heterocycles. The summed E-state index contributed by atoms with van der Waals surface area (Å²) in [5, 5.41) is 13.5. The predicted octanol–water partition coefficient (Wildman–Crippen LogP) is 1.29. The molecule has 2 heterocycles. The molecule has 0 atom stereocenters. The average Bonchev–Trinajstić information content (AvgIpc) is 2.55. The third-order valence-electron chi connectivity index (χ3n) is 3.90. The lowest BCUT2D eigenvalue weighted by Gasteiger charge is -2.30. The Hall–Kier alpha value is -1.36. The molecule has 1 N–H and O–H groups in total. The molecule has 1 aromatic heterocycles. The van der Waals surface area contributed by atoms with Gasteiger partial charge in [0.15, 0.2) is 5.69 Å². The second-order valence-corrected chi connectivity index (χ2v) is 5.10. The number of carbonyl (C=O) groups is 1. The summed E-state index contributed by atoms with van der Waals surface area (Å²) in [7, 11) is 2.07. The van der Waals surface area contributed by atoms with E-state index in [0.29, 0.717) is 6.04 Å². The van der Waals surface area contributed by atoms with E-state index in [9.17, 15) is 9.90 Å². The van der Waals surface area contributed by atoms with Crippen molar-refractivity contribution in [1.82, 2.24) is 14.7 Å². The number of hydrogen-bond acceptors (Lipinski definition) is 3. The number of fused-ring (bicyclic) bond motifs is 1. The van der Waals surface area contributed by atoms with Gasteiger partial charge in [0.25, 0.3) is 0 Å². The van der Waals surface area contributed by atoms with E-state index in [1.165, 1.54) is 6.42 Å². The minimum atomic E-state index is -0.885. The number of nitrogens with zero attached hydrogens (tertiary/aromatic N) is 3. The summed E-state index contributed by atoms with van der Waals surface area (Å²) >= 11 is 0. The summed E-state index contributed by atoms with van der Waals surface area (Å²) in [4.78, 5) is 13.4. The highest BCUT2D eigenvalue weighted by Gasteiger charge is 2.31. The Morgan fingerprint density at radius 3 is 2.82 bits per heavy atom. The molecule has 0 radical (unpaired) electrons. The lowest BCUT2D eigenvalue weighted by atomic mass is 9.92. The van der Waals surface area contributed by atoms with Crippen LogP contribution in [0.3, 0.4) is 0 Å². The number of hydrogen-bond donors (Lipinski definition) is 1. The van der Waals surface area contributed by atoms with Crippen molar-refractivity contribution in [2.45, 2.75) is 38.3 Å². The summed E-state index contributed by atoms with van der Waals surface area (Å²) in [5.74, 6) is -0.885. The molecule has 0 bridgehead atoms. The Morgan fingerprint density at radius 2 is 2.24 bits per heavy atom. The fourth-order valence-corrected chi connectivity index (χ4v) is 2.68. The van der Waals surface area contributed by atoms with Crippen molar-refractivity contribution in [2.75, 3.05) is 13.6 Å². The number of aromatic nitrogens is 2. The van der Waals surface area contributed by atoms with Crippen LogP contribution in [0.1, 0.15) is 47.1 Å². The van der Waals surface area contributed by atoms with Crippen molar-refractivity contribution in [1.29, 1.82) is 0 Å². The Balaban J connectivity index is 2.06. The minimum Gasteiger partial charge on any atom is -0.476 e. The molecule has 5 nitrogen and oxygen atoms in total. The number of aromatic carboxylic acids is 1. The van der Waals surface area contributed by atoms with Gasteiger partial charge in [0.05, 0.1) is 11.7 Å². The number of likely N-dealkylation sites (N-methyl/N-ethyl adjacent to an activating group) is 1. The summed E-state index contributed by atoms with van der Waals surface area (Å²) < 4.78 is 1.98. The molecule has 0 unspecified atom stereocenters. The SMILES string of the molecule is CN1CCc2c(C(=O)O)nn(C3CCC3)c2C1. The maximum absolute atomic E-state index is 11.2. The van der Waals surface area contributed by atoms with Crippen LogP contribution in [0, 0.1) is 0 Å². The second-order valence-electron chi connectivity index (χ2n) is 5.10.